The third-order valence-electron chi connectivity index (χ3n) is 3.56. The van der Waals surface area contributed by atoms with Crippen molar-refractivity contribution in [1.29, 1.82) is 0 Å². The maximum atomic E-state index is 12.4. The van der Waals surface area contributed by atoms with Crippen molar-refractivity contribution in [3.8, 4) is 5.69 Å². The number of hydrogen-bond acceptors (Lipinski definition) is 4. The quantitative estimate of drug-likeness (QED) is 0.779. The van der Waals surface area contributed by atoms with E-state index in [0.717, 1.165) is 22.5 Å². The fraction of sp³-hybridized carbons (Fsp3) is 0.118. The van der Waals surface area contributed by atoms with Gasteiger partial charge in [0.15, 0.2) is 11.5 Å². The number of para-hydroxylation sites is 1. The lowest BCUT2D eigenvalue weighted by Gasteiger charge is -2.08. The van der Waals surface area contributed by atoms with Crippen molar-refractivity contribution >= 4 is 17.4 Å². The minimum absolute atomic E-state index is 0.106. The zero-order valence-corrected chi connectivity index (χ0v) is 12.9. The van der Waals surface area contributed by atoms with E-state index in [1.54, 1.807) is 0 Å². The molecule has 23 heavy (non-hydrogen) atoms. The molecule has 0 aliphatic rings. The van der Waals surface area contributed by atoms with Gasteiger partial charge in [0.05, 0.1) is 5.69 Å². The average molecular weight is 307 g/mol. The second kappa shape index (κ2) is 5.92. The summed E-state index contributed by atoms with van der Waals surface area (Å²) in [6.07, 6.45) is 0. The van der Waals surface area contributed by atoms with Crippen LogP contribution in [0.1, 0.15) is 21.6 Å². The zero-order chi connectivity index (χ0) is 16.4. The lowest BCUT2D eigenvalue weighted by Crippen LogP contribution is -2.15. The molecule has 3 rings (SSSR count). The number of nitrogen functional groups attached to an aromatic ring is 1. The Morgan fingerprint density at radius 1 is 1.13 bits per heavy atom. The van der Waals surface area contributed by atoms with Gasteiger partial charge in [-0.3, -0.25) is 4.79 Å². The first kappa shape index (κ1) is 14.8. The van der Waals surface area contributed by atoms with Gasteiger partial charge >= 0.3 is 0 Å². The highest BCUT2D eigenvalue weighted by atomic mass is 16.2. The highest BCUT2D eigenvalue weighted by molar-refractivity contribution is 6.06. The SMILES string of the molecule is Cc1ccc(C)c(NC(=O)c2nnn(-c3ccccc3)c2N)c1. The first-order chi connectivity index (χ1) is 11.1. The molecular weight excluding hydrogens is 290 g/mol. The van der Waals surface area contributed by atoms with Crippen molar-refractivity contribution in [1.82, 2.24) is 15.0 Å². The smallest absolute Gasteiger partial charge is 0.280 e. The highest BCUT2D eigenvalue weighted by Crippen LogP contribution is 2.19. The highest BCUT2D eigenvalue weighted by Gasteiger charge is 2.19. The molecule has 0 atom stereocenters. The predicted molar refractivity (Wildman–Crippen MR) is 89.6 cm³/mol. The molecule has 1 heterocycles. The molecule has 1 aromatic heterocycles. The Morgan fingerprint density at radius 2 is 1.87 bits per heavy atom. The Morgan fingerprint density at radius 3 is 2.61 bits per heavy atom. The molecule has 116 valence electrons. The van der Waals surface area contributed by atoms with Gasteiger partial charge in [-0.15, -0.1) is 5.10 Å². The molecule has 2 aromatic carbocycles. The standard InChI is InChI=1S/C17H17N5O/c1-11-8-9-12(2)14(10-11)19-17(23)15-16(18)22(21-20-15)13-6-4-3-5-7-13/h3-10H,18H2,1-2H3,(H,19,23). The van der Waals surface area contributed by atoms with Gasteiger partial charge < -0.3 is 11.1 Å². The van der Waals surface area contributed by atoms with E-state index in [2.05, 4.69) is 15.6 Å². The molecule has 6 nitrogen and oxygen atoms in total. The van der Waals surface area contributed by atoms with Crippen molar-refractivity contribution in [3.63, 3.8) is 0 Å². The lowest BCUT2D eigenvalue weighted by atomic mass is 10.1. The van der Waals surface area contributed by atoms with Crippen LogP contribution in [0.3, 0.4) is 0 Å². The van der Waals surface area contributed by atoms with Crippen LogP contribution >= 0.6 is 0 Å². The lowest BCUT2D eigenvalue weighted by molar-refractivity contribution is 0.102. The molecule has 0 spiro atoms. The van der Waals surface area contributed by atoms with Gasteiger partial charge in [-0.05, 0) is 43.2 Å². The normalized spacial score (nSPS) is 10.5. The average Bonchev–Trinajstić information content (AvgIpc) is 2.93. The topological polar surface area (TPSA) is 85.8 Å². The van der Waals surface area contributed by atoms with Crippen LogP contribution in [-0.2, 0) is 0 Å². The number of nitrogens with zero attached hydrogens (tertiary/aromatic N) is 3. The summed E-state index contributed by atoms with van der Waals surface area (Å²) in [5, 5.41) is 10.7. The molecule has 0 saturated heterocycles. The summed E-state index contributed by atoms with van der Waals surface area (Å²) in [6, 6.07) is 15.2. The van der Waals surface area contributed by atoms with Crippen LogP contribution in [-0.4, -0.2) is 20.9 Å². The van der Waals surface area contributed by atoms with Gasteiger partial charge in [-0.25, -0.2) is 0 Å². The van der Waals surface area contributed by atoms with E-state index in [9.17, 15) is 4.79 Å². The number of rotatable bonds is 3. The third kappa shape index (κ3) is 2.91. The first-order valence-corrected chi connectivity index (χ1v) is 7.21. The van der Waals surface area contributed by atoms with Crippen LogP contribution in [0, 0.1) is 13.8 Å². The molecule has 6 heteroatoms. The Hall–Kier alpha value is -3.15. The summed E-state index contributed by atoms with van der Waals surface area (Å²) in [6.45, 7) is 3.90. The fourth-order valence-corrected chi connectivity index (χ4v) is 2.26. The Labute approximate surface area is 133 Å². The van der Waals surface area contributed by atoms with E-state index in [4.69, 9.17) is 5.73 Å². The first-order valence-electron chi connectivity index (χ1n) is 7.21. The van der Waals surface area contributed by atoms with Crippen LogP contribution in [0.25, 0.3) is 5.69 Å². The molecule has 1 amide bonds. The van der Waals surface area contributed by atoms with Crippen LogP contribution in [0.15, 0.2) is 48.5 Å². The van der Waals surface area contributed by atoms with E-state index in [1.165, 1.54) is 4.68 Å². The number of amides is 1. The van der Waals surface area contributed by atoms with Crippen LogP contribution in [0.5, 0.6) is 0 Å². The number of aryl methyl sites for hydroxylation is 2. The molecule has 0 radical (unpaired) electrons. The number of carbonyl (C=O) groups excluding carboxylic acids is 1. The van der Waals surface area contributed by atoms with Crippen molar-refractivity contribution in [2.24, 2.45) is 0 Å². The molecule has 0 unspecified atom stereocenters. The maximum absolute atomic E-state index is 12.4. The molecule has 0 fully saturated rings. The number of benzene rings is 2. The number of aromatic nitrogens is 3. The van der Waals surface area contributed by atoms with E-state index in [0.29, 0.717) is 0 Å². The Bertz CT molecular complexity index is 855. The third-order valence-corrected chi connectivity index (χ3v) is 3.56. The minimum Gasteiger partial charge on any atom is -0.382 e. The Kier molecular flexibility index (Phi) is 3.80. The summed E-state index contributed by atoms with van der Waals surface area (Å²) in [5.41, 5.74) is 9.67. The van der Waals surface area contributed by atoms with E-state index >= 15 is 0 Å². The van der Waals surface area contributed by atoms with Crippen molar-refractivity contribution < 1.29 is 4.79 Å². The van der Waals surface area contributed by atoms with Gasteiger partial charge in [0, 0.05) is 5.69 Å². The molecule has 3 aromatic rings. The summed E-state index contributed by atoms with van der Waals surface area (Å²) in [7, 11) is 0. The summed E-state index contributed by atoms with van der Waals surface area (Å²) >= 11 is 0. The van der Waals surface area contributed by atoms with E-state index in [1.807, 2.05) is 62.4 Å². The number of carbonyl (C=O) groups is 1. The van der Waals surface area contributed by atoms with Gasteiger partial charge in [-0.1, -0.05) is 35.5 Å². The van der Waals surface area contributed by atoms with E-state index in [-0.39, 0.29) is 17.4 Å². The molecular formula is C17H17N5O. The molecule has 0 aliphatic heterocycles. The number of anilines is 2. The molecule has 0 aliphatic carbocycles. The van der Waals surface area contributed by atoms with Gasteiger partial charge in [-0.2, -0.15) is 4.68 Å². The van der Waals surface area contributed by atoms with Gasteiger partial charge in [0.1, 0.15) is 0 Å². The summed E-state index contributed by atoms with van der Waals surface area (Å²) < 4.78 is 1.44. The maximum Gasteiger partial charge on any atom is 0.280 e. The van der Waals surface area contributed by atoms with Gasteiger partial charge in [0.25, 0.3) is 5.91 Å². The molecule has 0 bridgehead atoms. The van der Waals surface area contributed by atoms with Crippen LogP contribution in [0.2, 0.25) is 0 Å². The number of nitrogens with one attached hydrogen (secondary N) is 1. The molecule has 0 saturated carbocycles. The zero-order valence-electron chi connectivity index (χ0n) is 12.9. The fourth-order valence-electron chi connectivity index (χ4n) is 2.26. The second-order valence-corrected chi connectivity index (χ2v) is 5.34. The van der Waals surface area contributed by atoms with Crippen molar-refractivity contribution in [2.45, 2.75) is 13.8 Å². The largest absolute Gasteiger partial charge is 0.382 e. The molecule has 3 N–H and O–H groups in total. The second-order valence-electron chi connectivity index (χ2n) is 5.34. The summed E-state index contributed by atoms with van der Waals surface area (Å²) in [4.78, 5) is 12.4. The summed E-state index contributed by atoms with van der Waals surface area (Å²) in [5.74, 6) is -0.169. The number of hydrogen-bond donors (Lipinski definition) is 2. The minimum atomic E-state index is -0.376. The monoisotopic (exact) mass is 307 g/mol. The van der Waals surface area contributed by atoms with Crippen LogP contribution < -0.4 is 11.1 Å². The Balaban J connectivity index is 1.89. The van der Waals surface area contributed by atoms with E-state index < -0.39 is 0 Å². The van der Waals surface area contributed by atoms with Crippen molar-refractivity contribution in [2.75, 3.05) is 11.1 Å². The van der Waals surface area contributed by atoms with Crippen molar-refractivity contribution in [3.05, 3.63) is 65.4 Å². The van der Waals surface area contributed by atoms with Gasteiger partial charge in [0.2, 0.25) is 0 Å². The predicted octanol–water partition coefficient (Wildman–Crippen LogP) is 2.72. The number of nitrogens with two attached hydrogens (primary N) is 1. The van der Waals surface area contributed by atoms with Crippen LogP contribution in [0.4, 0.5) is 11.5 Å².